The number of hydrogen-bond donors (Lipinski definition) is 0. The fourth-order valence-electron chi connectivity index (χ4n) is 3.78. The van der Waals surface area contributed by atoms with E-state index in [1.807, 2.05) is 40.8 Å². The van der Waals surface area contributed by atoms with Gasteiger partial charge in [0.25, 0.3) is 5.56 Å². The van der Waals surface area contributed by atoms with Gasteiger partial charge in [0.15, 0.2) is 5.16 Å². The first-order chi connectivity index (χ1) is 16.6. The van der Waals surface area contributed by atoms with E-state index in [1.165, 1.54) is 0 Å². The van der Waals surface area contributed by atoms with Gasteiger partial charge in [0.2, 0.25) is 17.5 Å². The number of thioether (sulfide) groups is 1. The molecule has 5 rings (SSSR count). The minimum Gasteiger partial charge on any atom is -0.339 e. The summed E-state index contributed by atoms with van der Waals surface area (Å²) >= 11 is 1.61. The molecule has 0 radical (unpaired) electrons. The third-order valence-corrected chi connectivity index (χ3v) is 6.60. The number of aryl methyl sites for hydroxylation is 2. The summed E-state index contributed by atoms with van der Waals surface area (Å²) in [5, 5.41) is 14.3. The van der Waals surface area contributed by atoms with Gasteiger partial charge >= 0.3 is 0 Å². The molecule has 0 aliphatic heterocycles. The second-order valence-electron chi connectivity index (χ2n) is 8.47. The molecule has 9 nitrogen and oxygen atoms in total. The van der Waals surface area contributed by atoms with Crippen LogP contribution in [-0.4, -0.2) is 40.0 Å². The van der Waals surface area contributed by atoms with Crippen LogP contribution < -0.4 is 5.56 Å². The Morgan fingerprint density at radius 3 is 2.74 bits per heavy atom. The first-order valence-corrected chi connectivity index (χ1v) is 12.3. The second-order valence-corrected chi connectivity index (χ2v) is 9.54. The molecule has 10 heteroatoms. The Bertz CT molecular complexity index is 1470. The molecule has 0 saturated heterocycles. The summed E-state index contributed by atoms with van der Waals surface area (Å²) in [6.45, 7) is 4.92. The van der Waals surface area contributed by atoms with Crippen LogP contribution >= 0.6 is 11.8 Å². The van der Waals surface area contributed by atoms with Gasteiger partial charge in [0, 0.05) is 36.7 Å². The fraction of sp³-hybridized carbons (Fsp3) is 0.333. The Morgan fingerprint density at radius 2 is 1.91 bits per heavy atom. The first kappa shape index (κ1) is 22.3. The van der Waals surface area contributed by atoms with Crippen LogP contribution in [0.4, 0.5) is 0 Å². The monoisotopic (exact) mass is 475 g/mol. The molecule has 0 aliphatic rings. The number of benzene rings is 1. The maximum atomic E-state index is 13.1. The molecule has 0 amide bonds. The van der Waals surface area contributed by atoms with Gasteiger partial charge in [-0.2, -0.15) is 4.98 Å². The van der Waals surface area contributed by atoms with E-state index in [1.54, 1.807) is 28.7 Å². The normalized spacial score (nSPS) is 11.7. The number of rotatable bonds is 9. The topological polar surface area (TPSA) is 104 Å². The number of hydrogen-bond acceptors (Lipinski definition) is 8. The summed E-state index contributed by atoms with van der Waals surface area (Å²) in [6, 6.07) is 11.3. The molecule has 0 aliphatic carbocycles. The largest absolute Gasteiger partial charge is 0.339 e. The summed E-state index contributed by atoms with van der Waals surface area (Å²) in [7, 11) is 0. The SMILES string of the molecule is CC(C)CCn1c(=O)c2ccccc2n2c(SCCCc3nc(-c4ccncc4)no3)nnc12. The van der Waals surface area contributed by atoms with Crippen molar-refractivity contribution >= 4 is 28.4 Å². The number of fused-ring (bicyclic) bond motifs is 3. The second kappa shape index (κ2) is 9.76. The molecule has 0 fully saturated rings. The highest BCUT2D eigenvalue weighted by atomic mass is 32.2. The zero-order valence-corrected chi connectivity index (χ0v) is 19.9. The van der Waals surface area contributed by atoms with Gasteiger partial charge in [0.05, 0.1) is 10.9 Å². The summed E-state index contributed by atoms with van der Waals surface area (Å²) < 4.78 is 9.14. The van der Waals surface area contributed by atoms with Gasteiger partial charge in [0.1, 0.15) is 0 Å². The molecule has 0 bridgehead atoms. The van der Waals surface area contributed by atoms with Crippen molar-refractivity contribution in [1.82, 2.24) is 34.3 Å². The lowest BCUT2D eigenvalue weighted by Crippen LogP contribution is -2.24. The van der Waals surface area contributed by atoms with E-state index < -0.39 is 0 Å². The molecule has 174 valence electrons. The van der Waals surface area contributed by atoms with Crippen LogP contribution in [0.2, 0.25) is 0 Å². The van der Waals surface area contributed by atoms with E-state index in [0.29, 0.717) is 41.8 Å². The van der Waals surface area contributed by atoms with Crippen molar-refractivity contribution in [1.29, 1.82) is 0 Å². The number of nitrogens with zero attached hydrogens (tertiary/aromatic N) is 7. The van der Waals surface area contributed by atoms with Crippen LogP contribution in [0.3, 0.4) is 0 Å². The van der Waals surface area contributed by atoms with Gasteiger partial charge in [-0.15, -0.1) is 10.2 Å². The third-order valence-electron chi connectivity index (χ3n) is 5.58. The van der Waals surface area contributed by atoms with Crippen LogP contribution in [0, 0.1) is 5.92 Å². The summed E-state index contributed by atoms with van der Waals surface area (Å²) in [6.07, 6.45) is 5.81. The predicted molar refractivity (Wildman–Crippen MR) is 131 cm³/mol. The summed E-state index contributed by atoms with van der Waals surface area (Å²) in [4.78, 5) is 21.6. The maximum Gasteiger partial charge on any atom is 0.262 e. The maximum absolute atomic E-state index is 13.1. The van der Waals surface area contributed by atoms with E-state index in [0.717, 1.165) is 34.8 Å². The molecular formula is C24H25N7O2S. The molecule has 5 aromatic rings. The molecular weight excluding hydrogens is 450 g/mol. The van der Waals surface area contributed by atoms with E-state index in [2.05, 4.69) is 39.2 Å². The van der Waals surface area contributed by atoms with Gasteiger partial charge in [-0.05, 0) is 43.0 Å². The molecule has 0 unspecified atom stereocenters. The molecule has 4 aromatic heterocycles. The molecule has 4 heterocycles. The minimum atomic E-state index is -0.0194. The molecule has 0 saturated carbocycles. The van der Waals surface area contributed by atoms with Gasteiger partial charge < -0.3 is 4.52 Å². The van der Waals surface area contributed by atoms with E-state index in [9.17, 15) is 4.79 Å². The van der Waals surface area contributed by atoms with Crippen LogP contribution in [0.15, 0.2) is 63.3 Å². The van der Waals surface area contributed by atoms with Crippen LogP contribution in [-0.2, 0) is 13.0 Å². The van der Waals surface area contributed by atoms with E-state index >= 15 is 0 Å². The summed E-state index contributed by atoms with van der Waals surface area (Å²) in [5.41, 5.74) is 1.69. The predicted octanol–water partition coefficient (Wildman–Crippen LogP) is 4.26. The standard InChI is InChI=1S/C24H25N7O2S/c1-16(2)11-14-30-22(32)18-6-3-4-7-19(18)31-23(30)27-28-24(31)34-15-5-8-20-26-21(29-33-20)17-9-12-25-13-10-17/h3-4,6-7,9-10,12-13,16H,5,8,11,14-15H2,1-2H3. The van der Waals surface area contributed by atoms with E-state index in [-0.39, 0.29) is 5.56 Å². The lowest BCUT2D eigenvalue weighted by Gasteiger charge is -2.12. The number of para-hydroxylation sites is 1. The average Bonchev–Trinajstić information content (AvgIpc) is 3.50. The van der Waals surface area contributed by atoms with Crippen molar-refractivity contribution in [3.8, 4) is 11.4 Å². The van der Waals surface area contributed by atoms with Crippen LogP contribution in [0.25, 0.3) is 28.1 Å². The molecule has 0 N–H and O–H groups in total. The Labute approximate surface area is 200 Å². The zero-order valence-electron chi connectivity index (χ0n) is 19.1. The minimum absolute atomic E-state index is 0.0194. The Hall–Kier alpha value is -3.53. The lowest BCUT2D eigenvalue weighted by molar-refractivity contribution is 0.378. The Balaban J connectivity index is 1.34. The van der Waals surface area contributed by atoms with Crippen molar-refractivity contribution in [3.05, 3.63) is 65.0 Å². The van der Waals surface area contributed by atoms with Crippen molar-refractivity contribution in [3.63, 3.8) is 0 Å². The number of aromatic nitrogens is 7. The van der Waals surface area contributed by atoms with Crippen molar-refractivity contribution in [2.75, 3.05) is 5.75 Å². The van der Waals surface area contributed by atoms with Crippen molar-refractivity contribution < 1.29 is 4.52 Å². The van der Waals surface area contributed by atoms with Gasteiger partial charge in [-0.3, -0.25) is 18.7 Å². The quantitative estimate of drug-likeness (QED) is 0.230. The zero-order chi connectivity index (χ0) is 23.5. The molecule has 1 aromatic carbocycles. The van der Waals surface area contributed by atoms with Gasteiger partial charge in [-0.25, -0.2) is 0 Å². The van der Waals surface area contributed by atoms with Crippen LogP contribution in [0.1, 0.15) is 32.6 Å². The third kappa shape index (κ3) is 4.45. The summed E-state index contributed by atoms with van der Waals surface area (Å²) in [5.74, 6) is 3.04. The van der Waals surface area contributed by atoms with Crippen molar-refractivity contribution in [2.24, 2.45) is 5.92 Å². The highest BCUT2D eigenvalue weighted by molar-refractivity contribution is 7.99. The van der Waals surface area contributed by atoms with Gasteiger partial charge in [-0.1, -0.05) is 42.9 Å². The number of pyridine rings is 1. The molecule has 34 heavy (non-hydrogen) atoms. The Morgan fingerprint density at radius 1 is 1.09 bits per heavy atom. The fourth-order valence-corrected chi connectivity index (χ4v) is 4.66. The smallest absolute Gasteiger partial charge is 0.262 e. The molecule has 0 atom stereocenters. The Kier molecular flexibility index (Phi) is 6.39. The van der Waals surface area contributed by atoms with Crippen LogP contribution in [0.5, 0.6) is 0 Å². The average molecular weight is 476 g/mol. The highest BCUT2D eigenvalue weighted by Crippen LogP contribution is 2.23. The van der Waals surface area contributed by atoms with Crippen molar-refractivity contribution in [2.45, 2.75) is 44.8 Å². The first-order valence-electron chi connectivity index (χ1n) is 11.3. The highest BCUT2D eigenvalue weighted by Gasteiger charge is 2.17. The lowest BCUT2D eigenvalue weighted by atomic mass is 10.1. The van der Waals surface area contributed by atoms with E-state index in [4.69, 9.17) is 4.52 Å². The molecule has 0 spiro atoms.